The Hall–Kier alpha value is -2.47. The molecule has 0 aliphatic carbocycles. The molecule has 1 aliphatic rings. The molecule has 0 radical (unpaired) electrons. The van der Waals surface area contributed by atoms with E-state index in [1.807, 2.05) is 42.5 Å². The number of amides is 1. The van der Waals surface area contributed by atoms with Gasteiger partial charge in [0.15, 0.2) is 0 Å². The number of carbonyl (C=O) groups excluding carboxylic acids is 1. The summed E-state index contributed by atoms with van der Waals surface area (Å²) in [6.45, 7) is 0.226. The number of hydrogen-bond donors (Lipinski definition) is 1. The van der Waals surface area contributed by atoms with Crippen LogP contribution in [-0.4, -0.2) is 10.8 Å². The average molecular weight is 624 g/mol. The molecule has 0 aromatic heterocycles. The molecular formula is C22H14I2N2O4. The molecule has 3 aromatic carbocycles. The minimum atomic E-state index is -0.420. The maximum Gasteiger partial charge on any atom is 0.269 e. The van der Waals surface area contributed by atoms with Crippen molar-refractivity contribution in [1.82, 2.24) is 0 Å². The van der Waals surface area contributed by atoms with Crippen molar-refractivity contribution in [3.63, 3.8) is 0 Å². The van der Waals surface area contributed by atoms with Gasteiger partial charge in [0.1, 0.15) is 12.4 Å². The summed E-state index contributed by atoms with van der Waals surface area (Å²) < 4.78 is 7.74. The number of fused-ring (bicyclic) bond motifs is 1. The van der Waals surface area contributed by atoms with Crippen molar-refractivity contribution >= 4 is 74.1 Å². The van der Waals surface area contributed by atoms with E-state index in [4.69, 9.17) is 4.74 Å². The molecule has 0 fully saturated rings. The quantitative estimate of drug-likeness (QED) is 0.167. The summed E-state index contributed by atoms with van der Waals surface area (Å²) in [4.78, 5) is 22.9. The lowest BCUT2D eigenvalue weighted by Crippen LogP contribution is -2.04. The number of nitro groups is 1. The van der Waals surface area contributed by atoms with Gasteiger partial charge >= 0.3 is 0 Å². The lowest BCUT2D eigenvalue weighted by atomic mass is 10.0. The Bertz CT molecular complexity index is 1180. The number of nitro benzene ring substituents is 1. The highest BCUT2D eigenvalue weighted by Gasteiger charge is 2.23. The summed E-state index contributed by atoms with van der Waals surface area (Å²) in [6.07, 6.45) is 1.87. The summed E-state index contributed by atoms with van der Waals surface area (Å²) in [7, 11) is 0. The number of ether oxygens (including phenoxy) is 1. The third kappa shape index (κ3) is 4.33. The fraction of sp³-hybridized carbons (Fsp3) is 0.0455. The second-order valence-electron chi connectivity index (χ2n) is 6.59. The summed E-state index contributed by atoms with van der Waals surface area (Å²) >= 11 is 4.39. The molecule has 0 saturated carbocycles. The molecule has 150 valence electrons. The SMILES string of the molecule is O=C1Nc2ccccc2/C1=C/c1cc(I)c(OCc2cccc([N+](=O)[O-])c2)c(I)c1. The van der Waals surface area contributed by atoms with Crippen LogP contribution >= 0.6 is 45.2 Å². The van der Waals surface area contributed by atoms with Gasteiger partial charge < -0.3 is 10.1 Å². The zero-order valence-electron chi connectivity index (χ0n) is 15.4. The molecule has 3 aromatic rings. The Morgan fingerprint density at radius 2 is 1.77 bits per heavy atom. The van der Waals surface area contributed by atoms with Crippen molar-refractivity contribution in [2.24, 2.45) is 0 Å². The van der Waals surface area contributed by atoms with Crippen molar-refractivity contribution in [1.29, 1.82) is 0 Å². The molecule has 1 N–H and O–H groups in total. The van der Waals surface area contributed by atoms with Crippen molar-refractivity contribution in [2.45, 2.75) is 6.61 Å². The normalized spacial score (nSPS) is 13.8. The lowest BCUT2D eigenvalue weighted by molar-refractivity contribution is -0.384. The Morgan fingerprint density at radius 3 is 2.50 bits per heavy atom. The lowest BCUT2D eigenvalue weighted by Gasteiger charge is -2.12. The Kier molecular flexibility index (Phi) is 6.04. The topological polar surface area (TPSA) is 81.5 Å². The Balaban J connectivity index is 1.58. The van der Waals surface area contributed by atoms with Crippen LogP contribution in [0.15, 0.2) is 60.7 Å². The monoisotopic (exact) mass is 624 g/mol. The minimum Gasteiger partial charge on any atom is -0.487 e. The van der Waals surface area contributed by atoms with Crippen LogP contribution in [0.4, 0.5) is 11.4 Å². The smallest absolute Gasteiger partial charge is 0.269 e. The standard InChI is InChI=1S/C22H14I2N2O4/c23-18-10-14(9-17-16-6-1-2-7-20(16)25-22(17)27)11-19(24)21(18)30-12-13-4-3-5-15(8-13)26(28)29/h1-11H,12H2,(H,25,27)/b17-9-. The van der Waals surface area contributed by atoms with Crippen LogP contribution < -0.4 is 10.1 Å². The third-order valence-corrected chi connectivity index (χ3v) is 6.15. The van der Waals surface area contributed by atoms with Gasteiger partial charge in [-0.2, -0.15) is 0 Å². The van der Waals surface area contributed by atoms with Crippen molar-refractivity contribution in [3.8, 4) is 5.75 Å². The van der Waals surface area contributed by atoms with Crippen molar-refractivity contribution in [3.05, 3.63) is 94.6 Å². The molecule has 1 amide bonds. The van der Waals surface area contributed by atoms with E-state index in [1.54, 1.807) is 12.1 Å². The molecule has 0 atom stereocenters. The number of hydrogen-bond acceptors (Lipinski definition) is 4. The Morgan fingerprint density at radius 1 is 1.03 bits per heavy atom. The van der Waals surface area contributed by atoms with E-state index in [0.29, 0.717) is 11.3 Å². The van der Waals surface area contributed by atoms with Crippen LogP contribution in [0.5, 0.6) is 5.75 Å². The molecule has 1 aliphatic heterocycles. The van der Waals surface area contributed by atoms with Crippen LogP contribution in [-0.2, 0) is 11.4 Å². The number of nitrogens with zero attached hydrogens (tertiary/aromatic N) is 1. The average Bonchev–Trinajstić information content (AvgIpc) is 3.03. The number of non-ortho nitro benzene ring substituents is 1. The van der Waals surface area contributed by atoms with Crippen LogP contribution in [0.25, 0.3) is 11.6 Å². The van der Waals surface area contributed by atoms with E-state index in [-0.39, 0.29) is 18.2 Å². The van der Waals surface area contributed by atoms with E-state index in [2.05, 4.69) is 50.5 Å². The summed E-state index contributed by atoms with van der Waals surface area (Å²) in [5.41, 5.74) is 3.99. The number of halogens is 2. The van der Waals surface area contributed by atoms with Crippen molar-refractivity contribution in [2.75, 3.05) is 5.32 Å². The van der Waals surface area contributed by atoms with E-state index in [9.17, 15) is 14.9 Å². The van der Waals surface area contributed by atoms with Crippen LogP contribution in [0.1, 0.15) is 16.7 Å². The number of benzene rings is 3. The first kappa shape index (κ1) is 20.8. The van der Waals surface area contributed by atoms with Gasteiger partial charge in [-0.05, 0) is 80.6 Å². The van der Waals surface area contributed by atoms with Crippen LogP contribution in [0.3, 0.4) is 0 Å². The molecule has 30 heavy (non-hydrogen) atoms. The van der Waals surface area contributed by atoms with Crippen LogP contribution in [0.2, 0.25) is 0 Å². The minimum absolute atomic E-state index is 0.0394. The summed E-state index contributed by atoms with van der Waals surface area (Å²) in [5, 5.41) is 13.8. The molecule has 4 rings (SSSR count). The van der Waals surface area contributed by atoms with E-state index >= 15 is 0 Å². The van der Waals surface area contributed by atoms with Gasteiger partial charge in [0, 0.05) is 29.0 Å². The number of nitrogens with one attached hydrogen (secondary N) is 1. The van der Waals surface area contributed by atoms with Gasteiger partial charge in [-0.3, -0.25) is 14.9 Å². The maximum atomic E-state index is 12.4. The van der Waals surface area contributed by atoms with Gasteiger partial charge in [-0.25, -0.2) is 0 Å². The van der Waals surface area contributed by atoms with Gasteiger partial charge in [-0.1, -0.05) is 30.3 Å². The van der Waals surface area contributed by atoms with Gasteiger partial charge in [0.25, 0.3) is 11.6 Å². The van der Waals surface area contributed by atoms with E-state index < -0.39 is 4.92 Å². The number of anilines is 1. The molecule has 0 saturated heterocycles. The highest BCUT2D eigenvalue weighted by Crippen LogP contribution is 2.35. The number of rotatable bonds is 5. The molecule has 0 spiro atoms. The predicted octanol–water partition coefficient (Wildman–Crippen LogP) is 5.88. The summed E-state index contributed by atoms with van der Waals surface area (Å²) in [6, 6.07) is 17.9. The second kappa shape index (κ2) is 8.72. The number of para-hydroxylation sites is 1. The van der Waals surface area contributed by atoms with Crippen LogP contribution in [0, 0.1) is 17.3 Å². The largest absolute Gasteiger partial charge is 0.487 e. The number of carbonyl (C=O) groups is 1. The molecular weight excluding hydrogens is 610 g/mol. The first-order valence-electron chi connectivity index (χ1n) is 8.90. The first-order chi connectivity index (χ1) is 14.4. The molecule has 6 nitrogen and oxygen atoms in total. The third-order valence-electron chi connectivity index (χ3n) is 4.55. The van der Waals surface area contributed by atoms with Gasteiger partial charge in [-0.15, -0.1) is 0 Å². The highest BCUT2D eigenvalue weighted by molar-refractivity contribution is 14.1. The van der Waals surface area contributed by atoms with Crippen molar-refractivity contribution < 1.29 is 14.5 Å². The fourth-order valence-corrected chi connectivity index (χ4v) is 5.29. The zero-order valence-corrected chi connectivity index (χ0v) is 19.7. The Labute approximate surface area is 199 Å². The second-order valence-corrected chi connectivity index (χ2v) is 8.91. The fourth-order valence-electron chi connectivity index (χ4n) is 3.16. The van der Waals surface area contributed by atoms with Gasteiger partial charge in [0.05, 0.1) is 12.1 Å². The molecule has 0 bridgehead atoms. The predicted molar refractivity (Wildman–Crippen MR) is 132 cm³/mol. The highest BCUT2D eigenvalue weighted by atomic mass is 127. The first-order valence-corrected chi connectivity index (χ1v) is 11.1. The molecule has 1 heterocycles. The molecule has 8 heteroatoms. The zero-order chi connectivity index (χ0) is 21.3. The summed E-state index contributed by atoms with van der Waals surface area (Å²) in [5.74, 6) is 0.591. The maximum absolute atomic E-state index is 12.4. The van der Waals surface area contributed by atoms with E-state index in [1.165, 1.54) is 12.1 Å². The molecule has 0 unspecified atom stereocenters. The van der Waals surface area contributed by atoms with E-state index in [0.717, 1.165) is 29.5 Å². The van der Waals surface area contributed by atoms with Gasteiger partial charge in [0.2, 0.25) is 0 Å².